The minimum absolute atomic E-state index is 0.0598. The number of pyridine rings is 1. The van der Waals surface area contributed by atoms with Crippen molar-refractivity contribution in [3.05, 3.63) is 59.9 Å². The monoisotopic (exact) mass is 337 g/mol. The highest BCUT2D eigenvalue weighted by Gasteiger charge is 2.22. The Balaban J connectivity index is 1.67. The van der Waals surface area contributed by atoms with Crippen molar-refractivity contribution in [3.8, 4) is 0 Å². The van der Waals surface area contributed by atoms with Gasteiger partial charge in [-0.15, -0.1) is 0 Å². The van der Waals surface area contributed by atoms with Gasteiger partial charge in [-0.1, -0.05) is 37.3 Å². The van der Waals surface area contributed by atoms with Gasteiger partial charge in [0.05, 0.1) is 11.9 Å². The predicted molar refractivity (Wildman–Crippen MR) is 102 cm³/mol. The summed E-state index contributed by atoms with van der Waals surface area (Å²) < 4.78 is 0. The molecule has 1 aromatic carbocycles. The molecule has 0 atom stereocenters. The van der Waals surface area contributed by atoms with Crippen LogP contribution in [-0.4, -0.2) is 35.4 Å². The lowest BCUT2D eigenvalue weighted by molar-refractivity contribution is 0.0691. The van der Waals surface area contributed by atoms with E-state index in [1.54, 1.807) is 0 Å². The fourth-order valence-electron chi connectivity index (χ4n) is 3.26. The van der Waals surface area contributed by atoms with Crippen LogP contribution in [0.1, 0.15) is 42.7 Å². The second-order valence-electron chi connectivity index (χ2n) is 6.88. The van der Waals surface area contributed by atoms with Gasteiger partial charge in [0.15, 0.2) is 0 Å². The molecule has 0 N–H and O–H groups in total. The van der Waals surface area contributed by atoms with Crippen LogP contribution >= 0.6 is 0 Å². The Morgan fingerprint density at radius 2 is 1.88 bits per heavy atom. The van der Waals surface area contributed by atoms with Crippen LogP contribution < -0.4 is 4.90 Å². The first-order chi connectivity index (χ1) is 12.2. The van der Waals surface area contributed by atoms with Crippen LogP contribution in [0.5, 0.6) is 0 Å². The fourth-order valence-corrected chi connectivity index (χ4v) is 3.26. The summed E-state index contributed by atoms with van der Waals surface area (Å²) in [5.74, 6) is 0.778. The number of rotatable bonds is 5. The maximum Gasteiger partial charge on any atom is 0.272 e. The molecule has 2 heterocycles. The van der Waals surface area contributed by atoms with E-state index in [4.69, 9.17) is 0 Å². The average molecular weight is 337 g/mol. The van der Waals surface area contributed by atoms with Gasteiger partial charge in [0.25, 0.3) is 5.91 Å². The number of nitrogens with zero attached hydrogens (tertiary/aromatic N) is 3. The van der Waals surface area contributed by atoms with Gasteiger partial charge in [-0.05, 0) is 43.4 Å². The highest BCUT2D eigenvalue weighted by Crippen LogP contribution is 2.20. The molecule has 1 aromatic heterocycles. The van der Waals surface area contributed by atoms with E-state index in [0.29, 0.717) is 5.69 Å². The van der Waals surface area contributed by atoms with Crippen LogP contribution in [0.3, 0.4) is 0 Å². The van der Waals surface area contributed by atoms with E-state index in [2.05, 4.69) is 48.0 Å². The quantitative estimate of drug-likeness (QED) is 0.828. The van der Waals surface area contributed by atoms with Crippen LogP contribution in [-0.2, 0) is 6.54 Å². The average Bonchev–Trinajstić information content (AvgIpc) is 2.67. The van der Waals surface area contributed by atoms with Crippen molar-refractivity contribution < 1.29 is 4.79 Å². The van der Waals surface area contributed by atoms with Gasteiger partial charge in [0, 0.05) is 26.2 Å². The van der Waals surface area contributed by atoms with Gasteiger partial charge in [0.2, 0.25) is 0 Å². The molecule has 0 spiro atoms. The summed E-state index contributed by atoms with van der Waals surface area (Å²) in [7, 11) is 0. The smallest absolute Gasteiger partial charge is 0.272 e. The summed E-state index contributed by atoms with van der Waals surface area (Å²) in [6, 6.07) is 14.3. The lowest BCUT2D eigenvalue weighted by atomic mass is 9.99. The van der Waals surface area contributed by atoms with Gasteiger partial charge in [-0.2, -0.15) is 0 Å². The highest BCUT2D eigenvalue weighted by atomic mass is 16.2. The Morgan fingerprint density at radius 3 is 2.48 bits per heavy atom. The molecule has 3 rings (SSSR count). The van der Waals surface area contributed by atoms with E-state index in [9.17, 15) is 4.79 Å². The minimum Gasteiger partial charge on any atom is -0.366 e. The molecule has 2 aromatic rings. The Kier molecular flexibility index (Phi) is 5.69. The van der Waals surface area contributed by atoms with Crippen molar-refractivity contribution >= 4 is 11.6 Å². The minimum atomic E-state index is 0.0598. The van der Waals surface area contributed by atoms with Crippen molar-refractivity contribution in [2.75, 3.05) is 24.5 Å². The number of carbonyl (C=O) groups is 1. The molecule has 0 unspecified atom stereocenters. The molecule has 25 heavy (non-hydrogen) atoms. The number of benzene rings is 1. The lowest BCUT2D eigenvalue weighted by Gasteiger charge is -2.30. The number of aromatic nitrogens is 1. The molecular formula is C21H27N3O. The third kappa shape index (κ3) is 4.38. The van der Waals surface area contributed by atoms with E-state index in [1.165, 1.54) is 5.56 Å². The van der Waals surface area contributed by atoms with Crippen LogP contribution in [0.25, 0.3) is 0 Å². The van der Waals surface area contributed by atoms with Crippen molar-refractivity contribution in [1.82, 2.24) is 9.88 Å². The van der Waals surface area contributed by atoms with Gasteiger partial charge in [-0.25, -0.2) is 4.98 Å². The number of piperidine rings is 1. The second-order valence-corrected chi connectivity index (χ2v) is 6.88. The van der Waals surface area contributed by atoms with E-state index in [-0.39, 0.29) is 5.91 Å². The first-order valence-corrected chi connectivity index (χ1v) is 9.21. The number of amides is 1. The SMILES string of the molecule is CCN(Cc1ccccc1)c1ccc(C(=O)N2CCC(C)CC2)nc1. The largest absolute Gasteiger partial charge is 0.366 e. The Bertz CT molecular complexity index is 676. The van der Waals surface area contributed by atoms with Gasteiger partial charge in [0.1, 0.15) is 5.69 Å². The Labute approximate surface area is 150 Å². The predicted octanol–water partition coefficient (Wildman–Crippen LogP) is 3.98. The van der Waals surface area contributed by atoms with E-state index >= 15 is 0 Å². The zero-order valence-electron chi connectivity index (χ0n) is 15.2. The second kappa shape index (κ2) is 8.15. The maximum absolute atomic E-state index is 12.6. The van der Waals surface area contributed by atoms with E-state index < -0.39 is 0 Å². The molecule has 1 fully saturated rings. The zero-order valence-corrected chi connectivity index (χ0v) is 15.2. The lowest BCUT2D eigenvalue weighted by Crippen LogP contribution is -2.38. The molecule has 1 aliphatic rings. The van der Waals surface area contributed by atoms with E-state index in [1.807, 2.05) is 29.3 Å². The third-order valence-corrected chi connectivity index (χ3v) is 5.00. The molecule has 4 nitrogen and oxygen atoms in total. The molecule has 0 radical (unpaired) electrons. The summed E-state index contributed by atoms with van der Waals surface area (Å²) in [5.41, 5.74) is 2.87. The van der Waals surface area contributed by atoms with Crippen LogP contribution in [0, 0.1) is 5.92 Å². The van der Waals surface area contributed by atoms with Crippen LogP contribution in [0.2, 0.25) is 0 Å². The summed E-state index contributed by atoms with van der Waals surface area (Å²) in [6.07, 6.45) is 4.00. The zero-order chi connectivity index (χ0) is 17.6. The highest BCUT2D eigenvalue weighted by molar-refractivity contribution is 5.92. The molecule has 4 heteroatoms. The Hall–Kier alpha value is -2.36. The molecule has 1 saturated heterocycles. The standard InChI is InChI=1S/C21H27N3O/c1-3-23(16-18-7-5-4-6-8-18)19-9-10-20(22-15-19)21(25)24-13-11-17(2)12-14-24/h4-10,15,17H,3,11-14,16H2,1-2H3. The van der Waals surface area contributed by atoms with Gasteiger partial charge >= 0.3 is 0 Å². The molecule has 0 saturated carbocycles. The number of hydrogen-bond acceptors (Lipinski definition) is 3. The van der Waals surface area contributed by atoms with Crippen molar-refractivity contribution in [2.45, 2.75) is 33.2 Å². The number of likely N-dealkylation sites (tertiary alicyclic amines) is 1. The molecule has 132 valence electrons. The summed E-state index contributed by atoms with van der Waals surface area (Å²) in [5, 5.41) is 0. The van der Waals surface area contributed by atoms with Crippen LogP contribution in [0.4, 0.5) is 5.69 Å². The van der Waals surface area contributed by atoms with Crippen molar-refractivity contribution in [3.63, 3.8) is 0 Å². The van der Waals surface area contributed by atoms with E-state index in [0.717, 1.165) is 50.6 Å². The van der Waals surface area contributed by atoms with Crippen molar-refractivity contribution in [1.29, 1.82) is 0 Å². The maximum atomic E-state index is 12.6. The summed E-state index contributed by atoms with van der Waals surface area (Å²) in [4.78, 5) is 21.2. The van der Waals surface area contributed by atoms with Crippen LogP contribution in [0.15, 0.2) is 48.7 Å². The third-order valence-electron chi connectivity index (χ3n) is 5.00. The van der Waals surface area contributed by atoms with Gasteiger partial charge < -0.3 is 9.80 Å². The number of carbonyl (C=O) groups excluding carboxylic acids is 1. The Morgan fingerprint density at radius 1 is 1.16 bits per heavy atom. The number of anilines is 1. The molecular weight excluding hydrogens is 310 g/mol. The normalized spacial score (nSPS) is 15.2. The topological polar surface area (TPSA) is 36.4 Å². The van der Waals surface area contributed by atoms with Gasteiger partial charge in [-0.3, -0.25) is 4.79 Å². The fraction of sp³-hybridized carbons (Fsp3) is 0.429. The number of hydrogen-bond donors (Lipinski definition) is 0. The molecule has 1 aliphatic heterocycles. The molecule has 0 aliphatic carbocycles. The molecule has 0 bridgehead atoms. The summed E-state index contributed by atoms with van der Waals surface area (Å²) in [6.45, 7) is 7.82. The molecule has 1 amide bonds. The summed E-state index contributed by atoms with van der Waals surface area (Å²) >= 11 is 0. The van der Waals surface area contributed by atoms with Crippen molar-refractivity contribution in [2.24, 2.45) is 5.92 Å². The first-order valence-electron chi connectivity index (χ1n) is 9.21. The first kappa shape index (κ1) is 17.5.